The van der Waals surface area contributed by atoms with Gasteiger partial charge in [-0.05, 0) is 12.8 Å². The van der Waals surface area contributed by atoms with Crippen LogP contribution in [0, 0.1) is 10.1 Å². The van der Waals surface area contributed by atoms with Gasteiger partial charge in [0.2, 0.25) is 5.95 Å². The number of aliphatic hydroxyl groups is 1. The second-order valence-electron chi connectivity index (χ2n) is 3.32. The van der Waals surface area contributed by atoms with Crippen LogP contribution in [0.2, 0.25) is 0 Å². The molecule has 1 heterocycles. The van der Waals surface area contributed by atoms with Crippen LogP contribution in [0.15, 0.2) is 12.4 Å². The Balaban J connectivity index is 2.51. The van der Waals surface area contributed by atoms with E-state index >= 15 is 0 Å². The molecule has 7 nitrogen and oxygen atoms in total. The summed E-state index contributed by atoms with van der Waals surface area (Å²) >= 11 is 0. The molecule has 1 rings (SSSR count). The molecule has 0 bridgehead atoms. The van der Waals surface area contributed by atoms with E-state index in [1.165, 1.54) is 0 Å². The molecule has 2 N–H and O–H groups in total. The maximum atomic E-state index is 10.3. The van der Waals surface area contributed by atoms with E-state index in [9.17, 15) is 15.2 Å². The fourth-order valence-electron chi connectivity index (χ4n) is 1.11. The monoisotopic (exact) mass is 226 g/mol. The van der Waals surface area contributed by atoms with Crippen LogP contribution in [-0.4, -0.2) is 26.2 Å². The predicted molar refractivity (Wildman–Crippen MR) is 57.8 cm³/mol. The zero-order chi connectivity index (χ0) is 12.0. The van der Waals surface area contributed by atoms with Gasteiger partial charge in [0.25, 0.3) is 0 Å². The van der Waals surface area contributed by atoms with Gasteiger partial charge in [-0.25, -0.2) is 9.97 Å². The number of unbranched alkanes of at least 4 members (excludes halogenated alkanes) is 1. The van der Waals surface area contributed by atoms with Gasteiger partial charge >= 0.3 is 5.69 Å². The van der Waals surface area contributed by atoms with E-state index in [0.29, 0.717) is 6.42 Å². The molecule has 0 aliphatic heterocycles. The van der Waals surface area contributed by atoms with Crippen LogP contribution >= 0.6 is 0 Å². The van der Waals surface area contributed by atoms with Gasteiger partial charge in [-0.15, -0.1) is 0 Å². The summed E-state index contributed by atoms with van der Waals surface area (Å²) in [7, 11) is 0. The first-order valence-electron chi connectivity index (χ1n) is 5.04. The van der Waals surface area contributed by atoms with Crippen molar-refractivity contribution < 1.29 is 10.0 Å². The lowest BCUT2D eigenvalue weighted by Gasteiger charge is -2.11. The maximum absolute atomic E-state index is 10.3. The highest BCUT2D eigenvalue weighted by atomic mass is 16.6. The summed E-state index contributed by atoms with van der Waals surface area (Å²) in [6.45, 7) is 2.02. The molecule has 0 amide bonds. The molecule has 0 spiro atoms. The molecule has 1 atom stereocenters. The van der Waals surface area contributed by atoms with Crippen molar-refractivity contribution >= 4 is 11.6 Å². The molecule has 7 heteroatoms. The van der Waals surface area contributed by atoms with Crippen LogP contribution in [0.4, 0.5) is 11.6 Å². The third-order valence-electron chi connectivity index (χ3n) is 1.98. The first-order valence-corrected chi connectivity index (χ1v) is 5.04. The normalized spacial score (nSPS) is 12.1. The maximum Gasteiger partial charge on any atom is 0.305 e. The van der Waals surface area contributed by atoms with Crippen molar-refractivity contribution in [1.29, 1.82) is 0 Å². The molecule has 16 heavy (non-hydrogen) atoms. The van der Waals surface area contributed by atoms with E-state index in [1.54, 1.807) is 0 Å². The SMILES string of the molecule is CCCCC(O)Nc1ncc([N+](=O)[O-])cn1. The third-order valence-corrected chi connectivity index (χ3v) is 1.98. The second-order valence-corrected chi connectivity index (χ2v) is 3.32. The van der Waals surface area contributed by atoms with Crippen molar-refractivity contribution in [2.24, 2.45) is 0 Å². The van der Waals surface area contributed by atoms with Crippen molar-refractivity contribution in [3.05, 3.63) is 22.5 Å². The van der Waals surface area contributed by atoms with E-state index in [0.717, 1.165) is 25.2 Å². The molecule has 1 aromatic heterocycles. The molecular weight excluding hydrogens is 212 g/mol. The lowest BCUT2D eigenvalue weighted by molar-refractivity contribution is -0.385. The average molecular weight is 226 g/mol. The summed E-state index contributed by atoms with van der Waals surface area (Å²) < 4.78 is 0. The number of anilines is 1. The van der Waals surface area contributed by atoms with Gasteiger partial charge in [-0.1, -0.05) is 13.3 Å². The van der Waals surface area contributed by atoms with Crippen molar-refractivity contribution in [2.75, 3.05) is 5.32 Å². The van der Waals surface area contributed by atoms with Crippen LogP contribution in [0.3, 0.4) is 0 Å². The standard InChI is InChI=1S/C9H14N4O3/c1-2-3-4-8(14)12-9-10-5-7(6-11-9)13(15)16/h5-6,8,14H,2-4H2,1H3,(H,10,11,12). The zero-order valence-electron chi connectivity index (χ0n) is 8.96. The van der Waals surface area contributed by atoms with Crippen molar-refractivity contribution in [3.8, 4) is 0 Å². The Kier molecular flexibility index (Phi) is 4.59. The molecule has 1 unspecified atom stereocenters. The van der Waals surface area contributed by atoms with Gasteiger partial charge in [0.05, 0.1) is 4.92 Å². The lowest BCUT2D eigenvalue weighted by atomic mass is 10.2. The van der Waals surface area contributed by atoms with Crippen LogP contribution < -0.4 is 5.32 Å². The zero-order valence-corrected chi connectivity index (χ0v) is 8.96. The number of hydrogen-bond donors (Lipinski definition) is 2. The number of aromatic nitrogens is 2. The summed E-state index contributed by atoms with van der Waals surface area (Å²) in [6, 6.07) is 0. The Bertz CT molecular complexity index is 341. The van der Waals surface area contributed by atoms with E-state index in [-0.39, 0.29) is 11.6 Å². The Morgan fingerprint density at radius 2 is 2.19 bits per heavy atom. The highest BCUT2D eigenvalue weighted by Gasteiger charge is 2.08. The molecule has 0 fully saturated rings. The Morgan fingerprint density at radius 1 is 1.56 bits per heavy atom. The van der Waals surface area contributed by atoms with Crippen LogP contribution in [-0.2, 0) is 0 Å². The van der Waals surface area contributed by atoms with Crippen LogP contribution in [0.25, 0.3) is 0 Å². The van der Waals surface area contributed by atoms with Crippen molar-refractivity contribution in [2.45, 2.75) is 32.4 Å². The Hall–Kier alpha value is -1.76. The second kappa shape index (κ2) is 5.96. The summed E-state index contributed by atoms with van der Waals surface area (Å²) in [5.74, 6) is 0.189. The van der Waals surface area contributed by atoms with E-state index in [1.807, 2.05) is 6.92 Å². The summed E-state index contributed by atoms with van der Waals surface area (Å²) in [5.41, 5.74) is -0.173. The number of nitro groups is 1. The van der Waals surface area contributed by atoms with Gasteiger partial charge in [0, 0.05) is 0 Å². The summed E-state index contributed by atoms with van der Waals surface area (Å²) in [4.78, 5) is 17.2. The minimum Gasteiger partial charge on any atom is -0.374 e. The number of hydrogen-bond acceptors (Lipinski definition) is 6. The minimum absolute atomic E-state index is 0.173. The molecule has 0 aliphatic rings. The smallest absolute Gasteiger partial charge is 0.305 e. The fourth-order valence-corrected chi connectivity index (χ4v) is 1.11. The molecule has 0 aliphatic carbocycles. The molecule has 0 aromatic carbocycles. The molecule has 88 valence electrons. The molecule has 0 radical (unpaired) electrons. The fraction of sp³-hybridized carbons (Fsp3) is 0.556. The first kappa shape index (κ1) is 12.3. The van der Waals surface area contributed by atoms with Gasteiger partial charge < -0.3 is 10.4 Å². The molecule has 0 saturated heterocycles. The van der Waals surface area contributed by atoms with Gasteiger partial charge in [0.1, 0.15) is 18.6 Å². The molecule has 0 saturated carbocycles. The number of nitrogens with zero attached hydrogens (tertiary/aromatic N) is 3. The van der Waals surface area contributed by atoms with Crippen molar-refractivity contribution in [1.82, 2.24) is 9.97 Å². The molecular formula is C9H14N4O3. The van der Waals surface area contributed by atoms with Gasteiger partial charge in [-0.3, -0.25) is 10.1 Å². The summed E-state index contributed by atoms with van der Waals surface area (Å²) in [5, 5.41) is 22.5. The predicted octanol–water partition coefficient (Wildman–Crippen LogP) is 1.31. The first-order chi connectivity index (χ1) is 7.63. The number of rotatable bonds is 6. The minimum atomic E-state index is -0.721. The lowest BCUT2D eigenvalue weighted by Crippen LogP contribution is -2.19. The Morgan fingerprint density at radius 3 is 2.69 bits per heavy atom. The van der Waals surface area contributed by atoms with E-state index < -0.39 is 11.2 Å². The molecule has 1 aromatic rings. The van der Waals surface area contributed by atoms with Gasteiger partial charge in [-0.2, -0.15) is 0 Å². The quantitative estimate of drug-likeness (QED) is 0.430. The van der Waals surface area contributed by atoms with Crippen LogP contribution in [0.1, 0.15) is 26.2 Å². The Labute approximate surface area is 92.7 Å². The summed E-state index contributed by atoms with van der Waals surface area (Å²) in [6.07, 6.45) is 3.95. The number of nitrogens with one attached hydrogen (secondary N) is 1. The van der Waals surface area contributed by atoms with Gasteiger partial charge in [0.15, 0.2) is 0 Å². The average Bonchev–Trinajstić information content (AvgIpc) is 2.27. The van der Waals surface area contributed by atoms with Crippen molar-refractivity contribution in [3.63, 3.8) is 0 Å². The topological polar surface area (TPSA) is 101 Å². The highest BCUT2D eigenvalue weighted by molar-refractivity contribution is 5.30. The number of aliphatic hydroxyl groups excluding tert-OH is 1. The van der Waals surface area contributed by atoms with E-state index in [2.05, 4.69) is 15.3 Å². The largest absolute Gasteiger partial charge is 0.374 e. The van der Waals surface area contributed by atoms with E-state index in [4.69, 9.17) is 0 Å². The highest BCUT2D eigenvalue weighted by Crippen LogP contribution is 2.09. The van der Waals surface area contributed by atoms with Crippen LogP contribution in [0.5, 0.6) is 0 Å². The third kappa shape index (κ3) is 3.77.